The predicted molar refractivity (Wildman–Crippen MR) is 115 cm³/mol. The number of anilines is 1. The highest BCUT2D eigenvalue weighted by atomic mass is 16.3. The van der Waals surface area contributed by atoms with E-state index in [-0.39, 0.29) is 30.6 Å². The van der Waals surface area contributed by atoms with E-state index in [0.29, 0.717) is 17.8 Å². The molecule has 0 radical (unpaired) electrons. The summed E-state index contributed by atoms with van der Waals surface area (Å²) in [4.78, 5) is 50.5. The summed E-state index contributed by atoms with van der Waals surface area (Å²) in [6.45, 7) is 7.55. The first kappa shape index (κ1) is 21.9. The molecule has 0 spiro atoms. The Hall–Kier alpha value is -3.78. The standard InChI is InChI=1S/C23H23N3O5/c1-3-14(8-9-15(4-2)13-27)12-24-17-7-5-6-16-20(17)23(31)26(22(16)30)18-10-11-19(28)25-21(18)29/h3-9,18,24,27H,1-2,10-13H2,(H,25,28,29)/b14-8+,15-9+. The van der Waals surface area contributed by atoms with Crippen LogP contribution in [-0.4, -0.2) is 52.8 Å². The lowest BCUT2D eigenvalue weighted by molar-refractivity contribution is -0.136. The lowest BCUT2D eigenvalue weighted by Crippen LogP contribution is -2.54. The van der Waals surface area contributed by atoms with Crippen LogP contribution >= 0.6 is 0 Å². The van der Waals surface area contributed by atoms with E-state index in [2.05, 4.69) is 23.8 Å². The average molecular weight is 421 g/mol. The monoisotopic (exact) mass is 421 g/mol. The molecule has 0 saturated carbocycles. The number of amides is 4. The zero-order valence-electron chi connectivity index (χ0n) is 16.9. The summed E-state index contributed by atoms with van der Waals surface area (Å²) in [6, 6.07) is 3.86. The number of hydrogen-bond acceptors (Lipinski definition) is 6. The van der Waals surface area contributed by atoms with Crippen LogP contribution in [-0.2, 0) is 9.59 Å². The molecule has 1 unspecified atom stereocenters. The molecule has 1 aromatic rings. The van der Waals surface area contributed by atoms with Crippen molar-refractivity contribution in [1.29, 1.82) is 0 Å². The van der Waals surface area contributed by atoms with Crippen LogP contribution in [0.15, 0.2) is 66.8 Å². The Kier molecular flexibility index (Phi) is 6.61. The smallest absolute Gasteiger partial charge is 0.264 e. The van der Waals surface area contributed by atoms with Crippen molar-refractivity contribution in [3.05, 3.63) is 77.9 Å². The molecule has 31 heavy (non-hydrogen) atoms. The molecule has 0 aromatic heterocycles. The van der Waals surface area contributed by atoms with Gasteiger partial charge in [0.1, 0.15) is 6.04 Å². The Bertz CT molecular complexity index is 1040. The summed E-state index contributed by atoms with van der Waals surface area (Å²) in [6.07, 6.45) is 6.82. The van der Waals surface area contributed by atoms with E-state index in [4.69, 9.17) is 0 Å². The molecule has 0 bridgehead atoms. The molecule has 3 rings (SSSR count). The van der Waals surface area contributed by atoms with E-state index >= 15 is 0 Å². The summed E-state index contributed by atoms with van der Waals surface area (Å²) in [5, 5.41) is 14.5. The van der Waals surface area contributed by atoms with Crippen molar-refractivity contribution < 1.29 is 24.3 Å². The lowest BCUT2D eigenvalue weighted by atomic mass is 10.0. The Morgan fingerprint density at radius 3 is 2.48 bits per heavy atom. The maximum atomic E-state index is 13.1. The van der Waals surface area contributed by atoms with Crippen molar-refractivity contribution >= 4 is 29.3 Å². The molecule has 8 nitrogen and oxygen atoms in total. The van der Waals surface area contributed by atoms with E-state index in [0.717, 1.165) is 10.5 Å². The van der Waals surface area contributed by atoms with Gasteiger partial charge in [0.2, 0.25) is 11.8 Å². The number of allylic oxidation sites excluding steroid dienone is 2. The highest BCUT2D eigenvalue weighted by molar-refractivity contribution is 6.25. The molecule has 2 aliphatic heterocycles. The first-order chi connectivity index (χ1) is 14.9. The number of nitrogens with one attached hydrogen (secondary N) is 2. The molecule has 2 heterocycles. The molecule has 4 amide bonds. The van der Waals surface area contributed by atoms with Crippen LogP contribution in [0.25, 0.3) is 0 Å². The third kappa shape index (κ3) is 4.39. The van der Waals surface area contributed by atoms with Crippen LogP contribution in [0.4, 0.5) is 5.69 Å². The van der Waals surface area contributed by atoms with Crippen molar-refractivity contribution in [1.82, 2.24) is 10.2 Å². The van der Waals surface area contributed by atoms with Gasteiger partial charge in [-0.05, 0) is 29.7 Å². The highest BCUT2D eigenvalue weighted by Crippen LogP contribution is 2.32. The SMILES string of the molecule is C=C/C(=C\C=C(/C=C)CNc1cccc2c1C(=O)N(C1CCC(=O)NC1=O)C2=O)CO. The molecule has 1 saturated heterocycles. The van der Waals surface area contributed by atoms with Gasteiger partial charge in [0, 0.05) is 18.7 Å². The zero-order valence-corrected chi connectivity index (χ0v) is 16.9. The van der Waals surface area contributed by atoms with Gasteiger partial charge in [0.05, 0.1) is 17.7 Å². The fourth-order valence-electron chi connectivity index (χ4n) is 3.46. The summed E-state index contributed by atoms with van der Waals surface area (Å²) < 4.78 is 0. The van der Waals surface area contributed by atoms with E-state index in [9.17, 15) is 24.3 Å². The number of piperidine rings is 1. The topological polar surface area (TPSA) is 116 Å². The first-order valence-corrected chi connectivity index (χ1v) is 9.75. The molecule has 2 aliphatic rings. The lowest BCUT2D eigenvalue weighted by Gasteiger charge is -2.27. The maximum Gasteiger partial charge on any atom is 0.264 e. The third-order valence-electron chi connectivity index (χ3n) is 5.17. The van der Waals surface area contributed by atoms with Crippen molar-refractivity contribution in [3.8, 4) is 0 Å². The largest absolute Gasteiger partial charge is 0.392 e. The molecule has 1 aromatic carbocycles. The fourth-order valence-corrected chi connectivity index (χ4v) is 3.46. The molecule has 8 heteroatoms. The van der Waals surface area contributed by atoms with Gasteiger partial charge in [-0.25, -0.2) is 0 Å². The minimum absolute atomic E-state index is 0.0659. The number of imide groups is 2. The minimum Gasteiger partial charge on any atom is -0.392 e. The first-order valence-electron chi connectivity index (χ1n) is 9.75. The highest BCUT2D eigenvalue weighted by Gasteiger charge is 2.45. The molecular weight excluding hydrogens is 398 g/mol. The zero-order chi connectivity index (χ0) is 22.5. The Morgan fingerprint density at radius 1 is 1.13 bits per heavy atom. The van der Waals surface area contributed by atoms with Crippen LogP contribution in [0.2, 0.25) is 0 Å². The number of carbonyl (C=O) groups is 4. The van der Waals surface area contributed by atoms with Crippen molar-refractivity contribution in [2.45, 2.75) is 18.9 Å². The molecular formula is C23H23N3O5. The Labute approximate surface area is 179 Å². The number of benzene rings is 1. The average Bonchev–Trinajstić information content (AvgIpc) is 3.02. The molecule has 3 N–H and O–H groups in total. The normalized spacial score (nSPS) is 19.3. The predicted octanol–water partition coefficient (Wildman–Crippen LogP) is 1.72. The van der Waals surface area contributed by atoms with Gasteiger partial charge in [0.25, 0.3) is 11.8 Å². The Morgan fingerprint density at radius 2 is 1.84 bits per heavy atom. The van der Waals surface area contributed by atoms with Crippen LogP contribution in [0, 0.1) is 0 Å². The second-order valence-corrected chi connectivity index (χ2v) is 7.08. The number of rotatable bonds is 8. The second-order valence-electron chi connectivity index (χ2n) is 7.08. The van der Waals surface area contributed by atoms with Crippen molar-refractivity contribution in [2.75, 3.05) is 18.5 Å². The molecule has 0 aliphatic carbocycles. The quantitative estimate of drug-likeness (QED) is 0.435. The molecule has 1 fully saturated rings. The van der Waals surface area contributed by atoms with Gasteiger partial charge in [-0.3, -0.25) is 29.4 Å². The maximum absolute atomic E-state index is 13.1. The summed E-state index contributed by atoms with van der Waals surface area (Å²) in [5.74, 6) is -2.19. The number of hydrogen-bond donors (Lipinski definition) is 3. The van der Waals surface area contributed by atoms with Gasteiger partial charge in [-0.15, -0.1) is 0 Å². The van der Waals surface area contributed by atoms with Gasteiger partial charge >= 0.3 is 0 Å². The van der Waals surface area contributed by atoms with E-state index in [1.165, 1.54) is 6.07 Å². The fraction of sp³-hybridized carbons (Fsp3) is 0.217. The van der Waals surface area contributed by atoms with Crippen LogP contribution < -0.4 is 10.6 Å². The summed E-state index contributed by atoms with van der Waals surface area (Å²) in [7, 11) is 0. The van der Waals surface area contributed by atoms with E-state index in [1.54, 1.807) is 36.4 Å². The Balaban J connectivity index is 1.83. The van der Waals surface area contributed by atoms with Crippen LogP contribution in [0.5, 0.6) is 0 Å². The van der Waals surface area contributed by atoms with Crippen molar-refractivity contribution in [3.63, 3.8) is 0 Å². The van der Waals surface area contributed by atoms with Gasteiger partial charge in [-0.1, -0.05) is 43.5 Å². The minimum atomic E-state index is -1.01. The molecule has 1 atom stereocenters. The summed E-state index contributed by atoms with van der Waals surface area (Å²) in [5.41, 5.74) is 2.27. The van der Waals surface area contributed by atoms with Gasteiger partial charge in [-0.2, -0.15) is 0 Å². The van der Waals surface area contributed by atoms with Gasteiger partial charge < -0.3 is 10.4 Å². The summed E-state index contributed by atoms with van der Waals surface area (Å²) >= 11 is 0. The van der Waals surface area contributed by atoms with E-state index < -0.39 is 29.7 Å². The number of carbonyl (C=O) groups excluding carboxylic acids is 4. The van der Waals surface area contributed by atoms with Crippen LogP contribution in [0.3, 0.4) is 0 Å². The number of nitrogens with zero attached hydrogens (tertiary/aromatic N) is 1. The molecule has 160 valence electrons. The third-order valence-corrected chi connectivity index (χ3v) is 5.17. The van der Waals surface area contributed by atoms with Crippen molar-refractivity contribution in [2.24, 2.45) is 0 Å². The van der Waals surface area contributed by atoms with Crippen LogP contribution in [0.1, 0.15) is 33.6 Å². The number of fused-ring (bicyclic) bond motifs is 1. The van der Waals surface area contributed by atoms with E-state index in [1.807, 2.05) is 0 Å². The van der Waals surface area contributed by atoms with Gasteiger partial charge in [0.15, 0.2) is 0 Å². The number of aliphatic hydroxyl groups is 1. The second kappa shape index (κ2) is 9.36. The number of aliphatic hydroxyl groups excluding tert-OH is 1.